The van der Waals surface area contributed by atoms with Crippen LogP contribution >= 0.6 is 0 Å². The lowest BCUT2D eigenvalue weighted by molar-refractivity contribution is -0.117. The first-order valence-electron chi connectivity index (χ1n) is 10.1. The Kier molecular flexibility index (Phi) is 6.03. The molecule has 2 N–H and O–H groups in total. The highest BCUT2D eigenvalue weighted by Gasteiger charge is 2.17. The number of carbonyl (C=O) groups is 2. The molecule has 0 aliphatic rings. The van der Waals surface area contributed by atoms with Gasteiger partial charge in [-0.05, 0) is 36.8 Å². The Hall–Kier alpha value is -4.33. The van der Waals surface area contributed by atoms with E-state index >= 15 is 0 Å². The highest BCUT2D eigenvalue weighted by Crippen LogP contribution is 2.18. The van der Waals surface area contributed by atoms with Gasteiger partial charge in [0, 0.05) is 0 Å². The number of amides is 2. The molecule has 1 atom stereocenters. The van der Waals surface area contributed by atoms with Crippen molar-refractivity contribution in [2.24, 2.45) is 0 Å². The van der Waals surface area contributed by atoms with Crippen molar-refractivity contribution in [2.75, 3.05) is 5.32 Å². The zero-order valence-corrected chi connectivity index (χ0v) is 17.4. The van der Waals surface area contributed by atoms with Crippen molar-refractivity contribution < 1.29 is 9.59 Å². The third kappa shape index (κ3) is 4.54. The molecule has 32 heavy (non-hydrogen) atoms. The SMILES string of the molecule is C[C@@H](NC(=O)c1ccccc1NC(=O)Cn1nnc2ccccc2c1=O)c1ccccc1. The topological polar surface area (TPSA) is 106 Å². The van der Waals surface area contributed by atoms with Crippen LogP contribution in [0.15, 0.2) is 83.7 Å². The molecule has 8 heteroatoms. The summed E-state index contributed by atoms with van der Waals surface area (Å²) in [4.78, 5) is 38.0. The van der Waals surface area contributed by atoms with Gasteiger partial charge < -0.3 is 10.6 Å². The maximum absolute atomic E-state index is 12.8. The van der Waals surface area contributed by atoms with Gasteiger partial charge in [-0.25, -0.2) is 4.68 Å². The van der Waals surface area contributed by atoms with Crippen molar-refractivity contribution in [3.8, 4) is 0 Å². The van der Waals surface area contributed by atoms with Crippen LogP contribution < -0.4 is 16.2 Å². The summed E-state index contributed by atoms with van der Waals surface area (Å²) in [7, 11) is 0. The molecular formula is C24H21N5O3. The Bertz CT molecular complexity index is 1330. The van der Waals surface area contributed by atoms with Crippen molar-refractivity contribution in [3.05, 3.63) is 100 Å². The summed E-state index contributed by atoms with van der Waals surface area (Å²) in [6.07, 6.45) is 0. The molecule has 3 aromatic carbocycles. The van der Waals surface area contributed by atoms with Crippen molar-refractivity contribution in [3.63, 3.8) is 0 Å². The summed E-state index contributed by atoms with van der Waals surface area (Å²) >= 11 is 0. The van der Waals surface area contributed by atoms with E-state index in [2.05, 4.69) is 20.9 Å². The molecule has 0 saturated heterocycles. The monoisotopic (exact) mass is 427 g/mol. The van der Waals surface area contributed by atoms with Crippen LogP contribution in [0.4, 0.5) is 5.69 Å². The number of para-hydroxylation sites is 1. The molecule has 0 saturated carbocycles. The molecule has 0 unspecified atom stereocenters. The fraction of sp³-hybridized carbons (Fsp3) is 0.125. The van der Waals surface area contributed by atoms with E-state index in [1.54, 1.807) is 48.5 Å². The summed E-state index contributed by atoms with van der Waals surface area (Å²) in [6, 6.07) is 22.9. The minimum Gasteiger partial charge on any atom is -0.345 e. The normalized spacial score (nSPS) is 11.7. The number of nitrogens with zero attached hydrogens (tertiary/aromatic N) is 3. The first-order chi connectivity index (χ1) is 15.5. The molecule has 160 valence electrons. The quantitative estimate of drug-likeness (QED) is 0.492. The molecule has 0 bridgehead atoms. The number of nitrogens with one attached hydrogen (secondary N) is 2. The number of hydrogen-bond donors (Lipinski definition) is 2. The van der Waals surface area contributed by atoms with Crippen molar-refractivity contribution in [1.29, 1.82) is 0 Å². The molecule has 8 nitrogen and oxygen atoms in total. The van der Waals surface area contributed by atoms with Gasteiger partial charge in [-0.1, -0.05) is 59.8 Å². The third-order valence-electron chi connectivity index (χ3n) is 5.02. The number of carbonyl (C=O) groups excluding carboxylic acids is 2. The second-order valence-electron chi connectivity index (χ2n) is 7.27. The van der Waals surface area contributed by atoms with Gasteiger partial charge in [0.1, 0.15) is 12.1 Å². The Morgan fingerprint density at radius 1 is 0.938 bits per heavy atom. The Morgan fingerprint density at radius 3 is 2.44 bits per heavy atom. The van der Waals surface area contributed by atoms with E-state index in [-0.39, 0.29) is 18.5 Å². The molecule has 2 amide bonds. The predicted molar refractivity (Wildman–Crippen MR) is 121 cm³/mol. The lowest BCUT2D eigenvalue weighted by atomic mass is 10.1. The molecule has 4 rings (SSSR count). The molecule has 0 spiro atoms. The van der Waals surface area contributed by atoms with Crippen LogP contribution in [0.1, 0.15) is 28.9 Å². The van der Waals surface area contributed by atoms with Crippen LogP contribution in [0.5, 0.6) is 0 Å². The van der Waals surface area contributed by atoms with Crippen LogP contribution in [0.2, 0.25) is 0 Å². The Balaban J connectivity index is 1.49. The fourth-order valence-electron chi connectivity index (χ4n) is 3.34. The number of rotatable bonds is 6. The maximum atomic E-state index is 12.8. The van der Waals surface area contributed by atoms with Crippen molar-refractivity contribution in [1.82, 2.24) is 20.3 Å². The highest BCUT2D eigenvalue weighted by molar-refractivity contribution is 6.03. The van der Waals surface area contributed by atoms with E-state index < -0.39 is 11.5 Å². The average molecular weight is 427 g/mol. The maximum Gasteiger partial charge on any atom is 0.278 e. The molecule has 0 radical (unpaired) electrons. The lowest BCUT2D eigenvalue weighted by Gasteiger charge is -2.16. The lowest BCUT2D eigenvalue weighted by Crippen LogP contribution is -2.31. The largest absolute Gasteiger partial charge is 0.345 e. The molecule has 0 aliphatic heterocycles. The van der Waals surface area contributed by atoms with Gasteiger partial charge in [-0.3, -0.25) is 14.4 Å². The zero-order chi connectivity index (χ0) is 22.5. The molecule has 4 aromatic rings. The standard InChI is InChI=1S/C24H21N5O3/c1-16(17-9-3-2-4-10-17)25-23(31)18-11-5-7-13-20(18)26-22(30)15-29-24(32)19-12-6-8-14-21(19)27-28-29/h2-14,16H,15H2,1H3,(H,25,31)(H,26,30)/t16-/m1/s1. The second kappa shape index (κ2) is 9.22. The second-order valence-corrected chi connectivity index (χ2v) is 7.27. The summed E-state index contributed by atoms with van der Waals surface area (Å²) in [6.45, 7) is 1.56. The van der Waals surface area contributed by atoms with Gasteiger partial charge in [-0.2, -0.15) is 0 Å². The van der Waals surface area contributed by atoms with Crippen LogP contribution in [-0.2, 0) is 11.3 Å². The zero-order valence-electron chi connectivity index (χ0n) is 17.4. The van der Waals surface area contributed by atoms with E-state index in [9.17, 15) is 14.4 Å². The number of fused-ring (bicyclic) bond motifs is 1. The van der Waals surface area contributed by atoms with E-state index in [0.29, 0.717) is 22.2 Å². The van der Waals surface area contributed by atoms with E-state index in [0.717, 1.165) is 10.2 Å². The molecular weight excluding hydrogens is 406 g/mol. The molecule has 1 heterocycles. The first kappa shape index (κ1) is 20.9. The molecule has 1 aromatic heterocycles. The van der Waals surface area contributed by atoms with Crippen molar-refractivity contribution in [2.45, 2.75) is 19.5 Å². The Morgan fingerprint density at radius 2 is 1.62 bits per heavy atom. The highest BCUT2D eigenvalue weighted by atomic mass is 16.2. The van der Waals surface area contributed by atoms with E-state index in [1.807, 2.05) is 37.3 Å². The van der Waals surface area contributed by atoms with E-state index in [1.165, 1.54) is 0 Å². The van der Waals surface area contributed by atoms with Gasteiger partial charge in [0.05, 0.1) is 22.7 Å². The minimum atomic E-state index is -0.493. The van der Waals surface area contributed by atoms with Gasteiger partial charge in [0.25, 0.3) is 11.5 Å². The minimum absolute atomic E-state index is 0.209. The summed E-state index contributed by atoms with van der Waals surface area (Å²) in [5, 5.41) is 13.8. The first-order valence-corrected chi connectivity index (χ1v) is 10.1. The fourth-order valence-corrected chi connectivity index (χ4v) is 3.34. The average Bonchev–Trinajstić information content (AvgIpc) is 2.82. The van der Waals surface area contributed by atoms with Crippen molar-refractivity contribution >= 4 is 28.4 Å². The Labute approximate surface area is 183 Å². The summed E-state index contributed by atoms with van der Waals surface area (Å²) in [5.41, 5.74) is 1.69. The van der Waals surface area contributed by atoms with Gasteiger partial charge in [-0.15, -0.1) is 5.10 Å². The van der Waals surface area contributed by atoms with E-state index in [4.69, 9.17) is 0 Å². The van der Waals surface area contributed by atoms with Gasteiger partial charge in [0.2, 0.25) is 5.91 Å². The number of hydrogen-bond acceptors (Lipinski definition) is 5. The molecule has 0 aliphatic carbocycles. The van der Waals surface area contributed by atoms with Gasteiger partial charge >= 0.3 is 0 Å². The van der Waals surface area contributed by atoms with Crippen LogP contribution in [0.3, 0.4) is 0 Å². The predicted octanol–water partition coefficient (Wildman–Crippen LogP) is 2.92. The number of benzene rings is 3. The number of anilines is 1. The smallest absolute Gasteiger partial charge is 0.278 e. The number of aromatic nitrogens is 3. The summed E-state index contributed by atoms with van der Waals surface area (Å²) < 4.78 is 0.998. The van der Waals surface area contributed by atoms with Crippen LogP contribution in [0.25, 0.3) is 10.9 Å². The van der Waals surface area contributed by atoms with Gasteiger partial charge in [0.15, 0.2) is 0 Å². The van der Waals surface area contributed by atoms with Crippen LogP contribution in [-0.4, -0.2) is 26.8 Å². The third-order valence-corrected chi connectivity index (χ3v) is 5.02. The summed E-state index contributed by atoms with van der Waals surface area (Å²) in [5.74, 6) is -0.812. The molecule has 0 fully saturated rings. The van der Waals surface area contributed by atoms with Crippen LogP contribution in [0, 0.1) is 0 Å².